The zero-order valence-electron chi connectivity index (χ0n) is 19.9. The summed E-state index contributed by atoms with van der Waals surface area (Å²) < 4.78 is 68.2. The molecule has 190 valence electrons. The Morgan fingerprint density at radius 1 is 1.08 bits per heavy atom. The molecule has 2 aliphatic heterocycles. The lowest BCUT2D eigenvalue weighted by atomic mass is 9.95. The first-order chi connectivity index (χ1) is 16.9. The van der Waals surface area contributed by atoms with Gasteiger partial charge >= 0.3 is 6.18 Å². The average molecular weight is 519 g/mol. The van der Waals surface area contributed by atoms with Crippen LogP contribution in [0.4, 0.5) is 13.2 Å². The van der Waals surface area contributed by atoms with E-state index in [2.05, 4.69) is 5.10 Å². The van der Waals surface area contributed by atoms with E-state index in [0.717, 1.165) is 39.4 Å². The summed E-state index contributed by atoms with van der Waals surface area (Å²) in [5, 5.41) is 4.62. The van der Waals surface area contributed by atoms with Crippen molar-refractivity contribution < 1.29 is 26.7 Å². The van der Waals surface area contributed by atoms with E-state index in [1.807, 2.05) is 51.1 Å². The first kappa shape index (κ1) is 24.7. The number of hydrogen-bond donors (Lipinski definition) is 0. The van der Waals surface area contributed by atoms with Gasteiger partial charge in [-0.25, -0.2) is 4.68 Å². The van der Waals surface area contributed by atoms with Gasteiger partial charge in [-0.1, -0.05) is 42.3 Å². The second-order valence-electron chi connectivity index (χ2n) is 9.50. The fourth-order valence-corrected chi connectivity index (χ4v) is 6.62. The molecule has 3 aromatic rings. The third-order valence-corrected chi connectivity index (χ3v) is 8.62. The minimum atomic E-state index is -4.65. The molecule has 2 unspecified atom stereocenters. The molecule has 36 heavy (non-hydrogen) atoms. The van der Waals surface area contributed by atoms with Crippen molar-refractivity contribution in [1.29, 1.82) is 0 Å². The molecular formula is C25H25F3N4O3S. The van der Waals surface area contributed by atoms with Crippen molar-refractivity contribution in [3.63, 3.8) is 0 Å². The number of hydrogen-bond acceptors (Lipinski definition) is 4. The number of halogens is 3. The Morgan fingerprint density at radius 2 is 1.75 bits per heavy atom. The van der Waals surface area contributed by atoms with Gasteiger partial charge in [-0.2, -0.15) is 18.3 Å². The number of amides is 1. The van der Waals surface area contributed by atoms with Gasteiger partial charge in [-0.05, 0) is 37.1 Å². The van der Waals surface area contributed by atoms with Crippen LogP contribution in [0.1, 0.15) is 47.2 Å². The molecule has 0 N–H and O–H groups in total. The van der Waals surface area contributed by atoms with Gasteiger partial charge < -0.3 is 9.45 Å². The second-order valence-corrected chi connectivity index (χ2v) is 11.4. The van der Waals surface area contributed by atoms with Gasteiger partial charge in [0.1, 0.15) is 5.69 Å². The van der Waals surface area contributed by atoms with Gasteiger partial charge in [0.2, 0.25) is 0 Å². The third kappa shape index (κ3) is 3.86. The highest BCUT2D eigenvalue weighted by atomic mass is 32.3. The number of carbonyl (C=O) groups excluding carboxylic acids is 1. The Balaban J connectivity index is 1.42. The second kappa shape index (κ2) is 8.53. The molecule has 0 radical (unpaired) electrons. The number of carbonyl (C=O) groups is 1. The third-order valence-electron chi connectivity index (χ3n) is 6.79. The first-order valence-electron chi connectivity index (χ1n) is 11.6. The van der Waals surface area contributed by atoms with Crippen LogP contribution in [0.2, 0.25) is 0 Å². The van der Waals surface area contributed by atoms with Crippen LogP contribution >= 0.6 is 0 Å². The Hall–Kier alpha value is -3.02. The number of para-hydroxylation sites is 1. The van der Waals surface area contributed by atoms with E-state index in [1.165, 1.54) is 0 Å². The number of benzene rings is 2. The van der Waals surface area contributed by atoms with Gasteiger partial charge in [0, 0.05) is 11.6 Å². The maximum absolute atomic E-state index is 13.7. The van der Waals surface area contributed by atoms with Crippen molar-refractivity contribution in [2.24, 2.45) is 5.92 Å². The van der Waals surface area contributed by atoms with Crippen molar-refractivity contribution in [2.75, 3.05) is 13.1 Å². The molecule has 0 bridgehead atoms. The van der Waals surface area contributed by atoms with Crippen LogP contribution in [0.3, 0.4) is 0 Å². The van der Waals surface area contributed by atoms with Crippen LogP contribution in [0.15, 0.2) is 59.5 Å². The number of alkyl halides is 3. The smallest absolute Gasteiger partial charge is 0.416 e. The molecule has 1 saturated heterocycles. The quantitative estimate of drug-likeness (QED) is 0.461. The number of rotatable bonds is 5. The summed E-state index contributed by atoms with van der Waals surface area (Å²) in [6, 6.07) is 12.4. The summed E-state index contributed by atoms with van der Waals surface area (Å²) in [7, 11) is -4.14. The molecule has 1 aromatic heterocycles. The van der Waals surface area contributed by atoms with Crippen molar-refractivity contribution in [1.82, 2.24) is 19.0 Å². The normalized spacial score (nSPS) is 20.5. The summed E-state index contributed by atoms with van der Waals surface area (Å²) >= 11 is 0. The highest BCUT2D eigenvalue weighted by Gasteiger charge is 2.53. The lowest BCUT2D eigenvalue weighted by Gasteiger charge is -2.46. The molecule has 2 aliphatic rings. The molecule has 0 aliphatic carbocycles. The summed E-state index contributed by atoms with van der Waals surface area (Å²) in [6.07, 6.45) is -4.65. The molecule has 1 fully saturated rings. The van der Waals surface area contributed by atoms with Crippen molar-refractivity contribution in [3.8, 4) is 5.69 Å². The molecular weight excluding hydrogens is 493 g/mol. The van der Waals surface area contributed by atoms with Gasteiger partial charge in [0.25, 0.3) is 5.91 Å². The Bertz CT molecular complexity index is 1370. The minimum absolute atomic E-state index is 0.00955. The number of aromatic nitrogens is 2. The molecule has 0 spiro atoms. The maximum Gasteiger partial charge on any atom is 0.416 e. The zero-order chi connectivity index (χ0) is 26.0. The Labute approximate surface area is 207 Å². The topological polar surface area (TPSA) is 81.5 Å². The summed E-state index contributed by atoms with van der Waals surface area (Å²) in [6.45, 7) is 5.87. The molecule has 2 aromatic carbocycles. The highest BCUT2D eigenvalue weighted by molar-refractivity contribution is 7.95. The van der Waals surface area contributed by atoms with Crippen LogP contribution in [0.5, 0.6) is 0 Å². The van der Waals surface area contributed by atoms with E-state index >= 15 is 0 Å². The molecule has 1 amide bonds. The standard InChI is InChI=1S/C25H25F3N4O3S/c1-15(2)22-21-16(3)29-32(18-9-5-4-6-10-18)23(21)24(33)31(22)19-13-30(14-19)36(34,35)20-11-7-8-17(12-20)25(26,27)28/h4-12,15,19,22H,13-14H2,1-3H3. The van der Waals surface area contributed by atoms with E-state index in [9.17, 15) is 26.7 Å². The lowest BCUT2D eigenvalue weighted by Crippen LogP contribution is -2.63. The minimum Gasteiger partial charge on any atom is -0.593 e. The van der Waals surface area contributed by atoms with Crippen LogP contribution in [-0.4, -0.2) is 48.6 Å². The fourth-order valence-electron chi connectivity index (χ4n) is 5.06. The first-order valence-corrected chi connectivity index (χ1v) is 13.0. The highest BCUT2D eigenvalue weighted by Crippen LogP contribution is 2.45. The van der Waals surface area contributed by atoms with Gasteiger partial charge in [0.15, 0.2) is 15.3 Å². The summed E-state index contributed by atoms with van der Waals surface area (Å²) in [5.41, 5.74) is 1.76. The summed E-state index contributed by atoms with van der Waals surface area (Å²) in [5.74, 6) is -0.189. The molecule has 0 saturated carbocycles. The van der Waals surface area contributed by atoms with Crippen molar-refractivity contribution >= 4 is 16.3 Å². The van der Waals surface area contributed by atoms with Gasteiger partial charge in [-0.15, -0.1) is 4.31 Å². The Morgan fingerprint density at radius 3 is 2.36 bits per heavy atom. The van der Waals surface area contributed by atoms with Gasteiger partial charge in [0.05, 0.1) is 42.1 Å². The predicted octanol–water partition coefficient (Wildman–Crippen LogP) is 4.64. The van der Waals surface area contributed by atoms with Crippen LogP contribution in [-0.2, 0) is 20.8 Å². The zero-order valence-corrected chi connectivity index (χ0v) is 20.7. The predicted molar refractivity (Wildman–Crippen MR) is 126 cm³/mol. The molecule has 7 nitrogen and oxygen atoms in total. The monoisotopic (exact) mass is 518 g/mol. The summed E-state index contributed by atoms with van der Waals surface area (Å²) in [4.78, 5) is 15.0. The SMILES string of the molecule is Cc1nn(-c2ccccc2)c2c1C(C(C)C)N(C1CN([S+](=O)([O-])c3cccc(C(F)(F)F)c3)C1)C2=O. The number of nitrogens with zero attached hydrogens (tertiary/aromatic N) is 4. The van der Waals surface area contributed by atoms with Crippen LogP contribution in [0, 0.1) is 12.8 Å². The maximum atomic E-state index is 13.7. The number of fused-ring (bicyclic) bond motifs is 1. The molecule has 2 atom stereocenters. The molecule has 11 heteroatoms. The average Bonchev–Trinajstić information content (AvgIpc) is 3.28. The molecule has 3 heterocycles. The van der Waals surface area contributed by atoms with Crippen LogP contribution in [0.25, 0.3) is 5.69 Å². The van der Waals surface area contributed by atoms with Crippen LogP contribution < -0.4 is 0 Å². The fraction of sp³-hybridized carbons (Fsp3) is 0.360. The van der Waals surface area contributed by atoms with E-state index in [1.54, 1.807) is 9.58 Å². The van der Waals surface area contributed by atoms with Crippen molar-refractivity contribution in [2.45, 2.75) is 43.9 Å². The number of aryl methyl sites for hydroxylation is 1. The van der Waals surface area contributed by atoms with E-state index in [-0.39, 0.29) is 31.0 Å². The van der Waals surface area contributed by atoms with Crippen molar-refractivity contribution in [3.05, 3.63) is 77.1 Å². The number of sulfonamides is 1. The van der Waals surface area contributed by atoms with Gasteiger partial charge in [-0.3, -0.25) is 4.79 Å². The van der Waals surface area contributed by atoms with E-state index < -0.39 is 33.1 Å². The van der Waals surface area contributed by atoms with E-state index in [0.29, 0.717) is 11.8 Å². The largest absolute Gasteiger partial charge is 0.593 e. The molecule has 5 rings (SSSR count). The lowest BCUT2D eigenvalue weighted by molar-refractivity contribution is -0.137. The van der Waals surface area contributed by atoms with E-state index in [4.69, 9.17) is 0 Å². The Kier molecular flexibility index (Phi) is 5.85.